The molecule has 0 aliphatic rings. The molecule has 2 atom stereocenters. The quantitative estimate of drug-likeness (QED) is 0.258. The van der Waals surface area contributed by atoms with Crippen molar-refractivity contribution in [2.75, 3.05) is 6.61 Å². The molecular weight excluding hydrogens is 280 g/mol. The molecule has 0 bridgehead atoms. The summed E-state index contributed by atoms with van der Waals surface area (Å²) in [7, 11) is 0. The lowest BCUT2D eigenvalue weighted by atomic mass is 9.93. The molecule has 0 aliphatic heterocycles. The Balaban J connectivity index is 3.10. The van der Waals surface area contributed by atoms with Crippen molar-refractivity contribution in [3.05, 3.63) is 0 Å². The van der Waals surface area contributed by atoms with Gasteiger partial charge in [0.2, 0.25) is 0 Å². The minimum Gasteiger partial charge on any atom is -0.396 e. The van der Waals surface area contributed by atoms with Crippen LogP contribution in [0.1, 0.15) is 124 Å². The van der Waals surface area contributed by atoms with Gasteiger partial charge in [0.25, 0.3) is 0 Å². The van der Waals surface area contributed by atoms with Crippen molar-refractivity contribution in [1.29, 1.82) is 0 Å². The molecule has 0 heterocycles. The molecule has 1 heteroatoms. The van der Waals surface area contributed by atoms with Gasteiger partial charge in [-0.15, -0.1) is 0 Å². The molecule has 0 aliphatic carbocycles. The first-order chi connectivity index (χ1) is 11.2. The Hall–Kier alpha value is -0.0400. The maximum atomic E-state index is 9.08. The van der Waals surface area contributed by atoms with E-state index in [1.807, 2.05) is 0 Å². The van der Waals surface area contributed by atoms with Crippen LogP contribution in [0.15, 0.2) is 0 Å². The smallest absolute Gasteiger partial charge is 0.0456 e. The monoisotopic (exact) mass is 326 g/mol. The normalized spacial score (nSPS) is 14.1. The van der Waals surface area contributed by atoms with Crippen LogP contribution in [0, 0.1) is 11.8 Å². The van der Waals surface area contributed by atoms with Gasteiger partial charge in [0, 0.05) is 6.61 Å². The van der Waals surface area contributed by atoms with E-state index in [1.165, 1.54) is 103 Å². The molecule has 0 fully saturated rings. The fourth-order valence-electron chi connectivity index (χ4n) is 3.57. The minimum atomic E-state index is 0.350. The summed E-state index contributed by atoms with van der Waals surface area (Å²) in [5.41, 5.74) is 0. The van der Waals surface area contributed by atoms with Gasteiger partial charge in [-0.1, -0.05) is 117 Å². The van der Waals surface area contributed by atoms with Crippen LogP contribution >= 0.6 is 0 Å². The standard InChI is InChI=1S/C22H46O/c1-4-5-6-7-8-9-10-11-12-13-14-15-16-17-18-21(2)19-22(3)20-23/h21-23H,4-20H2,1-3H3/t21-,22-/m0/s1. The summed E-state index contributed by atoms with van der Waals surface area (Å²) in [4.78, 5) is 0. The molecule has 23 heavy (non-hydrogen) atoms. The fourth-order valence-corrected chi connectivity index (χ4v) is 3.57. The molecule has 0 radical (unpaired) electrons. The largest absolute Gasteiger partial charge is 0.396 e. The predicted molar refractivity (Wildman–Crippen MR) is 105 cm³/mol. The lowest BCUT2D eigenvalue weighted by Gasteiger charge is -2.15. The van der Waals surface area contributed by atoms with Crippen LogP contribution < -0.4 is 0 Å². The minimum absolute atomic E-state index is 0.350. The van der Waals surface area contributed by atoms with Crippen LogP contribution in [0.2, 0.25) is 0 Å². The number of unbranched alkanes of at least 4 members (excludes halogenated alkanes) is 13. The van der Waals surface area contributed by atoms with Gasteiger partial charge in [0.1, 0.15) is 0 Å². The molecular formula is C22H46O. The van der Waals surface area contributed by atoms with E-state index < -0.39 is 0 Å². The second-order valence-corrected chi connectivity index (χ2v) is 8.01. The molecule has 0 saturated carbocycles. The molecule has 0 aromatic rings. The van der Waals surface area contributed by atoms with E-state index in [0.717, 1.165) is 5.92 Å². The van der Waals surface area contributed by atoms with Gasteiger partial charge in [0.05, 0.1) is 0 Å². The Labute approximate surface area is 147 Å². The molecule has 0 saturated heterocycles. The second kappa shape index (κ2) is 18.3. The van der Waals surface area contributed by atoms with Crippen molar-refractivity contribution in [2.24, 2.45) is 11.8 Å². The summed E-state index contributed by atoms with van der Waals surface area (Å²) in [5, 5.41) is 9.08. The Kier molecular flexibility index (Phi) is 18.3. The molecule has 1 nitrogen and oxygen atoms in total. The van der Waals surface area contributed by atoms with Gasteiger partial charge in [0.15, 0.2) is 0 Å². The van der Waals surface area contributed by atoms with E-state index in [1.54, 1.807) is 0 Å². The van der Waals surface area contributed by atoms with Crippen molar-refractivity contribution < 1.29 is 5.11 Å². The summed E-state index contributed by atoms with van der Waals surface area (Å²) < 4.78 is 0. The van der Waals surface area contributed by atoms with E-state index in [9.17, 15) is 0 Å². The third-order valence-electron chi connectivity index (χ3n) is 5.17. The Morgan fingerprint density at radius 2 is 0.957 bits per heavy atom. The van der Waals surface area contributed by atoms with E-state index in [0.29, 0.717) is 12.5 Å². The van der Waals surface area contributed by atoms with E-state index >= 15 is 0 Å². The van der Waals surface area contributed by atoms with Gasteiger partial charge in [-0.3, -0.25) is 0 Å². The van der Waals surface area contributed by atoms with Crippen LogP contribution in [-0.2, 0) is 0 Å². The van der Waals surface area contributed by atoms with E-state index in [4.69, 9.17) is 5.11 Å². The van der Waals surface area contributed by atoms with Crippen molar-refractivity contribution >= 4 is 0 Å². The first-order valence-corrected chi connectivity index (χ1v) is 10.8. The van der Waals surface area contributed by atoms with Gasteiger partial charge >= 0.3 is 0 Å². The highest BCUT2D eigenvalue weighted by molar-refractivity contribution is 4.59. The molecule has 0 aromatic heterocycles. The van der Waals surface area contributed by atoms with Crippen LogP contribution in [0.3, 0.4) is 0 Å². The number of rotatable bonds is 18. The van der Waals surface area contributed by atoms with Crippen molar-refractivity contribution in [3.63, 3.8) is 0 Å². The molecule has 0 spiro atoms. The third kappa shape index (κ3) is 18.1. The SMILES string of the molecule is CCCCCCCCCCCCCCCC[C@H](C)C[C@H](C)CO. The summed E-state index contributed by atoms with van der Waals surface area (Å²) in [6, 6.07) is 0. The van der Waals surface area contributed by atoms with Gasteiger partial charge in [-0.05, 0) is 18.3 Å². The third-order valence-corrected chi connectivity index (χ3v) is 5.17. The highest BCUT2D eigenvalue weighted by Gasteiger charge is 2.07. The molecule has 0 rings (SSSR count). The van der Waals surface area contributed by atoms with Crippen molar-refractivity contribution in [1.82, 2.24) is 0 Å². The first-order valence-electron chi connectivity index (χ1n) is 10.8. The van der Waals surface area contributed by atoms with E-state index in [2.05, 4.69) is 20.8 Å². The zero-order valence-corrected chi connectivity index (χ0v) is 16.6. The summed E-state index contributed by atoms with van der Waals surface area (Å²) in [6.07, 6.45) is 22.7. The van der Waals surface area contributed by atoms with Gasteiger partial charge < -0.3 is 5.11 Å². The van der Waals surface area contributed by atoms with Crippen molar-refractivity contribution in [2.45, 2.75) is 124 Å². The summed E-state index contributed by atoms with van der Waals surface area (Å²) >= 11 is 0. The van der Waals surface area contributed by atoms with E-state index in [-0.39, 0.29) is 0 Å². The fraction of sp³-hybridized carbons (Fsp3) is 1.00. The lowest BCUT2D eigenvalue weighted by molar-refractivity contribution is 0.212. The number of aliphatic hydroxyl groups excluding tert-OH is 1. The van der Waals surface area contributed by atoms with Crippen LogP contribution in [0.5, 0.6) is 0 Å². The second-order valence-electron chi connectivity index (χ2n) is 8.01. The maximum Gasteiger partial charge on any atom is 0.0456 e. The molecule has 0 aromatic carbocycles. The Morgan fingerprint density at radius 1 is 0.565 bits per heavy atom. The predicted octanol–water partition coefficient (Wildman–Crippen LogP) is 7.51. The topological polar surface area (TPSA) is 20.2 Å². The Morgan fingerprint density at radius 3 is 1.35 bits per heavy atom. The number of hydrogen-bond acceptors (Lipinski definition) is 1. The molecule has 1 N–H and O–H groups in total. The summed E-state index contributed by atoms with van der Waals surface area (Å²) in [5.74, 6) is 1.27. The average molecular weight is 327 g/mol. The summed E-state index contributed by atoms with van der Waals surface area (Å²) in [6.45, 7) is 7.14. The number of hydrogen-bond donors (Lipinski definition) is 1. The highest BCUT2D eigenvalue weighted by Crippen LogP contribution is 2.19. The highest BCUT2D eigenvalue weighted by atomic mass is 16.3. The van der Waals surface area contributed by atoms with Crippen LogP contribution in [0.25, 0.3) is 0 Å². The van der Waals surface area contributed by atoms with Crippen molar-refractivity contribution in [3.8, 4) is 0 Å². The van der Waals surface area contributed by atoms with Gasteiger partial charge in [-0.2, -0.15) is 0 Å². The molecule has 140 valence electrons. The van der Waals surface area contributed by atoms with Crippen LogP contribution in [0.4, 0.5) is 0 Å². The first kappa shape index (κ1) is 23.0. The van der Waals surface area contributed by atoms with Gasteiger partial charge in [-0.25, -0.2) is 0 Å². The Bertz CT molecular complexity index is 214. The zero-order chi connectivity index (χ0) is 17.2. The molecule has 0 amide bonds. The molecule has 0 unspecified atom stereocenters. The average Bonchev–Trinajstić information content (AvgIpc) is 2.55. The maximum absolute atomic E-state index is 9.08. The number of aliphatic hydroxyl groups is 1. The van der Waals surface area contributed by atoms with Crippen LogP contribution in [-0.4, -0.2) is 11.7 Å². The lowest BCUT2D eigenvalue weighted by Crippen LogP contribution is -2.06. The zero-order valence-electron chi connectivity index (χ0n) is 16.6.